The van der Waals surface area contributed by atoms with Crippen molar-refractivity contribution >= 4 is 7.82 Å². The second kappa shape index (κ2) is 16.1. The zero-order chi connectivity index (χ0) is 15.9. The zero-order valence-corrected chi connectivity index (χ0v) is 14.5. The lowest BCUT2D eigenvalue weighted by Gasteiger charge is -2.28. The van der Waals surface area contributed by atoms with Crippen LogP contribution in [-0.4, -0.2) is 48.9 Å². The first-order valence-electron chi connectivity index (χ1n) is 6.73. The van der Waals surface area contributed by atoms with Crippen LogP contribution in [-0.2, 0) is 9.09 Å². The minimum Gasteiger partial charge on any atom is -0.790 e. The SMILES string of the molecule is CCCCCCOP(=O)([O-])[O-].C[NH+](C)C.C[NH+](C)C. The molecule has 0 heterocycles. The summed E-state index contributed by atoms with van der Waals surface area (Å²) < 4.78 is 13.9. The molecule has 0 atom stereocenters. The number of hydrogen-bond acceptors (Lipinski definition) is 4. The van der Waals surface area contributed by atoms with Crippen LogP contribution in [0.1, 0.15) is 32.6 Å². The van der Waals surface area contributed by atoms with Crippen LogP contribution in [0.5, 0.6) is 0 Å². The molecule has 0 saturated heterocycles. The Labute approximate surface area is 119 Å². The van der Waals surface area contributed by atoms with Crippen LogP contribution in [0.15, 0.2) is 0 Å². The first kappa shape index (κ1) is 24.1. The Morgan fingerprint density at radius 2 is 1.26 bits per heavy atom. The van der Waals surface area contributed by atoms with Crippen molar-refractivity contribution in [3.63, 3.8) is 0 Å². The van der Waals surface area contributed by atoms with Gasteiger partial charge in [0.25, 0.3) is 0 Å². The van der Waals surface area contributed by atoms with E-state index in [0.29, 0.717) is 6.42 Å². The van der Waals surface area contributed by atoms with E-state index in [1.165, 1.54) is 9.80 Å². The van der Waals surface area contributed by atoms with Crippen LogP contribution in [0.3, 0.4) is 0 Å². The van der Waals surface area contributed by atoms with Crippen molar-refractivity contribution in [2.75, 3.05) is 48.9 Å². The third kappa shape index (κ3) is 71.9. The topological polar surface area (TPSA) is 81.3 Å². The van der Waals surface area contributed by atoms with Gasteiger partial charge in [0.2, 0.25) is 0 Å². The summed E-state index contributed by atoms with van der Waals surface area (Å²) in [6.07, 6.45) is 3.68. The molecule has 2 N–H and O–H groups in total. The van der Waals surface area contributed by atoms with E-state index < -0.39 is 7.82 Å². The fraction of sp³-hybridized carbons (Fsp3) is 1.00. The lowest BCUT2D eigenvalue weighted by molar-refractivity contribution is -0.836. The summed E-state index contributed by atoms with van der Waals surface area (Å²) >= 11 is 0. The second-order valence-corrected chi connectivity index (χ2v) is 6.49. The molecule has 0 aliphatic heterocycles. The van der Waals surface area contributed by atoms with E-state index in [0.717, 1.165) is 19.3 Å². The first-order chi connectivity index (χ1) is 8.52. The van der Waals surface area contributed by atoms with Gasteiger partial charge in [0.15, 0.2) is 0 Å². The van der Waals surface area contributed by atoms with Gasteiger partial charge in [0.1, 0.15) is 0 Å². The van der Waals surface area contributed by atoms with Gasteiger partial charge in [0, 0.05) is 0 Å². The van der Waals surface area contributed by atoms with Crippen LogP contribution in [0.4, 0.5) is 0 Å². The summed E-state index contributed by atoms with van der Waals surface area (Å²) in [5, 5.41) is 0. The van der Waals surface area contributed by atoms with Crippen molar-refractivity contribution < 1.29 is 28.7 Å². The highest BCUT2D eigenvalue weighted by atomic mass is 31.2. The third-order valence-electron chi connectivity index (χ3n) is 1.25. The molecule has 120 valence electrons. The van der Waals surface area contributed by atoms with E-state index in [1.54, 1.807) is 0 Å². The Morgan fingerprint density at radius 1 is 0.895 bits per heavy atom. The molecule has 0 saturated carbocycles. The summed E-state index contributed by atoms with van der Waals surface area (Å²) in [4.78, 5) is 22.7. The molecular weight excluding hydrogens is 267 g/mol. The van der Waals surface area contributed by atoms with Crippen molar-refractivity contribution in [1.82, 2.24) is 0 Å². The van der Waals surface area contributed by atoms with E-state index >= 15 is 0 Å². The minimum atomic E-state index is -4.71. The molecule has 0 radical (unpaired) electrons. The Kier molecular flexibility index (Phi) is 20.4. The van der Waals surface area contributed by atoms with E-state index in [2.05, 4.69) is 46.8 Å². The largest absolute Gasteiger partial charge is 0.790 e. The summed E-state index contributed by atoms with van der Waals surface area (Å²) in [6, 6.07) is 0. The lowest BCUT2D eigenvalue weighted by atomic mass is 10.2. The molecule has 0 unspecified atom stereocenters. The molecule has 0 aromatic rings. The van der Waals surface area contributed by atoms with Gasteiger partial charge in [-0.1, -0.05) is 26.2 Å². The molecule has 0 spiro atoms. The van der Waals surface area contributed by atoms with E-state index in [-0.39, 0.29) is 6.61 Å². The Bertz CT molecular complexity index is 196. The van der Waals surface area contributed by atoms with Crippen LogP contribution < -0.4 is 19.6 Å². The molecule has 0 rings (SSSR count). The first-order valence-corrected chi connectivity index (χ1v) is 8.19. The molecule has 0 aliphatic rings. The number of hydrogen-bond donors (Lipinski definition) is 2. The monoisotopic (exact) mass is 300 g/mol. The Balaban J connectivity index is -0.000000264. The van der Waals surface area contributed by atoms with Gasteiger partial charge in [0.05, 0.1) is 56.7 Å². The van der Waals surface area contributed by atoms with Crippen LogP contribution in [0.2, 0.25) is 0 Å². The van der Waals surface area contributed by atoms with E-state index in [1.807, 2.05) is 6.92 Å². The quantitative estimate of drug-likeness (QED) is 0.436. The maximum atomic E-state index is 9.91. The van der Waals surface area contributed by atoms with Crippen LogP contribution in [0.25, 0.3) is 0 Å². The van der Waals surface area contributed by atoms with Gasteiger partial charge in [-0.3, -0.25) is 0 Å². The number of nitrogens with one attached hydrogen (secondary N) is 2. The molecule has 0 amide bonds. The average Bonchev–Trinajstić information content (AvgIpc) is 2.13. The van der Waals surface area contributed by atoms with Gasteiger partial charge in [-0.05, 0) is 6.42 Å². The van der Waals surface area contributed by atoms with Gasteiger partial charge < -0.3 is 28.7 Å². The highest BCUT2D eigenvalue weighted by Crippen LogP contribution is 2.24. The van der Waals surface area contributed by atoms with Crippen molar-refractivity contribution in [3.8, 4) is 0 Å². The second-order valence-electron chi connectivity index (χ2n) is 5.34. The minimum absolute atomic E-state index is 0.0320. The van der Waals surface area contributed by atoms with Crippen LogP contribution >= 0.6 is 7.82 Å². The maximum absolute atomic E-state index is 9.91. The Morgan fingerprint density at radius 3 is 1.53 bits per heavy atom. The standard InChI is InChI=1S/C6H15O4P.2C3H9N/c1-2-3-4-5-6-10-11(7,8)9;2*1-4(2)3/h2-6H2,1H3,(H2,7,8,9);2*1-3H3. The van der Waals surface area contributed by atoms with E-state index in [4.69, 9.17) is 0 Å². The summed E-state index contributed by atoms with van der Waals surface area (Å²) in [6.45, 7) is 2.08. The van der Waals surface area contributed by atoms with Crippen molar-refractivity contribution in [2.24, 2.45) is 0 Å². The molecule has 0 bridgehead atoms. The number of phosphoric acid groups is 1. The lowest BCUT2D eigenvalue weighted by Crippen LogP contribution is -3.02. The average molecular weight is 300 g/mol. The summed E-state index contributed by atoms with van der Waals surface area (Å²) in [5.41, 5.74) is 0. The van der Waals surface area contributed by atoms with Gasteiger partial charge in [-0.15, -0.1) is 0 Å². The zero-order valence-electron chi connectivity index (χ0n) is 13.6. The van der Waals surface area contributed by atoms with Crippen molar-refractivity contribution in [1.29, 1.82) is 0 Å². The number of quaternary nitrogens is 2. The van der Waals surface area contributed by atoms with Crippen molar-refractivity contribution in [2.45, 2.75) is 32.6 Å². The van der Waals surface area contributed by atoms with Gasteiger partial charge in [-0.2, -0.15) is 0 Å². The number of phosphoric ester groups is 1. The molecule has 0 aromatic carbocycles. The molecule has 0 aliphatic carbocycles. The fourth-order valence-electron chi connectivity index (χ4n) is 0.705. The fourth-order valence-corrected chi connectivity index (χ4v) is 1.06. The smallest absolute Gasteiger partial charge is 0.0661 e. The molecular formula is C12H33N2O4P. The maximum Gasteiger partial charge on any atom is 0.0661 e. The Hall–Kier alpha value is 0.0300. The van der Waals surface area contributed by atoms with Gasteiger partial charge in [-0.25, -0.2) is 0 Å². The van der Waals surface area contributed by atoms with Crippen molar-refractivity contribution in [3.05, 3.63) is 0 Å². The summed E-state index contributed by atoms with van der Waals surface area (Å²) in [7, 11) is 7.79. The molecule has 7 heteroatoms. The van der Waals surface area contributed by atoms with E-state index in [9.17, 15) is 14.4 Å². The predicted molar refractivity (Wildman–Crippen MR) is 75.2 cm³/mol. The molecule has 19 heavy (non-hydrogen) atoms. The number of rotatable bonds is 6. The molecule has 6 nitrogen and oxygen atoms in total. The molecule has 0 fully saturated rings. The predicted octanol–water partition coefficient (Wildman–Crippen LogP) is -2.07. The normalized spacial score (nSPS) is 10.7. The highest BCUT2D eigenvalue weighted by Gasteiger charge is 1.91. The third-order valence-corrected chi connectivity index (χ3v) is 1.75. The van der Waals surface area contributed by atoms with Gasteiger partial charge >= 0.3 is 0 Å². The number of unbranched alkanes of at least 4 members (excludes halogenated alkanes) is 3. The molecule has 0 aromatic heterocycles. The summed E-state index contributed by atoms with van der Waals surface area (Å²) in [5.74, 6) is 0. The van der Waals surface area contributed by atoms with Crippen LogP contribution in [0, 0.1) is 0 Å². The highest BCUT2D eigenvalue weighted by molar-refractivity contribution is 7.43.